The van der Waals surface area contributed by atoms with Crippen LogP contribution in [0.1, 0.15) is 16.8 Å². The van der Waals surface area contributed by atoms with Crippen LogP contribution in [0.2, 0.25) is 0 Å². The predicted octanol–water partition coefficient (Wildman–Crippen LogP) is 0.727. The molecule has 96 valence electrons. The molecule has 1 aliphatic rings. The number of hydrogen-bond acceptors (Lipinski definition) is 3. The molecule has 1 atom stereocenters. The summed E-state index contributed by atoms with van der Waals surface area (Å²) >= 11 is 0. The van der Waals surface area contributed by atoms with Crippen LogP contribution in [0.25, 0.3) is 0 Å². The highest BCUT2D eigenvalue weighted by molar-refractivity contribution is 5.98. The average Bonchev–Trinajstić information content (AvgIpc) is 2.57. The molecule has 1 aromatic carbocycles. The lowest BCUT2D eigenvalue weighted by molar-refractivity contribution is -0.117. The summed E-state index contributed by atoms with van der Waals surface area (Å²) in [5.41, 5.74) is 4.23. The van der Waals surface area contributed by atoms with Gasteiger partial charge in [-0.25, -0.2) is 13.6 Å². The van der Waals surface area contributed by atoms with Crippen LogP contribution >= 0.6 is 0 Å². The van der Waals surface area contributed by atoms with E-state index in [0.29, 0.717) is 0 Å². The summed E-state index contributed by atoms with van der Waals surface area (Å²) in [6.07, 6.45) is 0.0548. The van der Waals surface area contributed by atoms with E-state index in [1.54, 1.807) is 0 Å². The number of aromatic carboxylic acids is 1. The molecule has 0 aromatic heterocycles. The number of nitrogens with two attached hydrogens (primary N) is 1. The van der Waals surface area contributed by atoms with Crippen LogP contribution in [0.15, 0.2) is 12.1 Å². The molecular formula is C11H10F2N2O3. The molecule has 0 radical (unpaired) electrons. The highest BCUT2D eigenvalue weighted by Gasteiger charge is 2.32. The van der Waals surface area contributed by atoms with Gasteiger partial charge in [-0.05, 0) is 12.1 Å². The summed E-state index contributed by atoms with van der Waals surface area (Å²) in [4.78, 5) is 23.3. The van der Waals surface area contributed by atoms with Crippen LogP contribution in [-0.2, 0) is 4.79 Å². The molecule has 1 aromatic rings. The Bertz CT molecular complexity index is 533. The number of hydrogen-bond donors (Lipinski definition) is 2. The van der Waals surface area contributed by atoms with Crippen molar-refractivity contribution < 1.29 is 23.5 Å². The van der Waals surface area contributed by atoms with E-state index >= 15 is 0 Å². The van der Waals surface area contributed by atoms with Gasteiger partial charge in [-0.3, -0.25) is 4.79 Å². The molecule has 0 bridgehead atoms. The first-order valence-corrected chi connectivity index (χ1v) is 5.19. The molecule has 1 aliphatic heterocycles. The van der Waals surface area contributed by atoms with Crippen LogP contribution in [0, 0.1) is 11.6 Å². The summed E-state index contributed by atoms with van der Waals surface area (Å²) in [7, 11) is 0. The Balaban J connectivity index is 2.50. The number of rotatable bonds is 2. The Morgan fingerprint density at radius 1 is 1.44 bits per heavy atom. The van der Waals surface area contributed by atoms with Gasteiger partial charge in [-0.1, -0.05) is 0 Å². The van der Waals surface area contributed by atoms with Crippen molar-refractivity contribution in [3.63, 3.8) is 0 Å². The fourth-order valence-electron chi connectivity index (χ4n) is 1.91. The minimum Gasteiger partial charge on any atom is -0.477 e. The second kappa shape index (κ2) is 4.34. The molecule has 1 unspecified atom stereocenters. The third kappa shape index (κ3) is 1.92. The monoisotopic (exact) mass is 256 g/mol. The van der Waals surface area contributed by atoms with Gasteiger partial charge in [0.2, 0.25) is 5.91 Å². The maximum atomic E-state index is 13.9. The second-order valence-corrected chi connectivity index (χ2v) is 4.03. The maximum Gasteiger partial charge on any atom is 0.341 e. The van der Waals surface area contributed by atoms with Crippen molar-refractivity contribution in [3.8, 4) is 0 Å². The van der Waals surface area contributed by atoms with Gasteiger partial charge in [0.1, 0.15) is 11.4 Å². The molecule has 1 saturated heterocycles. The quantitative estimate of drug-likeness (QED) is 0.817. The van der Waals surface area contributed by atoms with Gasteiger partial charge in [0, 0.05) is 19.0 Å². The fraction of sp³-hybridized carbons (Fsp3) is 0.273. The van der Waals surface area contributed by atoms with Crippen molar-refractivity contribution >= 4 is 17.6 Å². The van der Waals surface area contributed by atoms with E-state index in [4.69, 9.17) is 10.8 Å². The SMILES string of the molecule is NC1CC(=O)N(c2ccc(F)c(C(=O)O)c2F)C1. The lowest BCUT2D eigenvalue weighted by Gasteiger charge is -2.17. The smallest absolute Gasteiger partial charge is 0.341 e. The molecule has 0 spiro atoms. The Labute approximate surface area is 101 Å². The number of amides is 1. The van der Waals surface area contributed by atoms with Crippen molar-refractivity contribution in [2.45, 2.75) is 12.5 Å². The van der Waals surface area contributed by atoms with Gasteiger partial charge < -0.3 is 15.7 Å². The van der Waals surface area contributed by atoms with Crippen LogP contribution in [0.4, 0.5) is 14.5 Å². The first-order chi connectivity index (χ1) is 8.41. The number of halogens is 2. The largest absolute Gasteiger partial charge is 0.477 e. The molecular weight excluding hydrogens is 246 g/mol. The Morgan fingerprint density at radius 3 is 2.61 bits per heavy atom. The fourth-order valence-corrected chi connectivity index (χ4v) is 1.91. The third-order valence-electron chi connectivity index (χ3n) is 2.73. The molecule has 1 fully saturated rings. The molecule has 3 N–H and O–H groups in total. The summed E-state index contributed by atoms with van der Waals surface area (Å²) in [6, 6.07) is 1.42. The second-order valence-electron chi connectivity index (χ2n) is 4.03. The standard InChI is InChI=1S/C11H10F2N2O3/c12-6-1-2-7(10(13)9(6)11(17)18)15-4-5(14)3-8(15)16/h1-2,5H,3-4,14H2,(H,17,18). The van der Waals surface area contributed by atoms with Gasteiger partial charge in [0.05, 0.1) is 5.69 Å². The first kappa shape index (κ1) is 12.4. The van der Waals surface area contributed by atoms with Gasteiger partial charge in [0.25, 0.3) is 0 Å². The van der Waals surface area contributed by atoms with Crippen molar-refractivity contribution in [2.75, 3.05) is 11.4 Å². The van der Waals surface area contributed by atoms with E-state index in [1.807, 2.05) is 0 Å². The summed E-state index contributed by atoms with van der Waals surface area (Å²) < 4.78 is 27.1. The number of carbonyl (C=O) groups is 2. The highest BCUT2D eigenvalue weighted by atomic mass is 19.1. The summed E-state index contributed by atoms with van der Waals surface area (Å²) in [5.74, 6) is -4.57. The lowest BCUT2D eigenvalue weighted by atomic mass is 10.1. The minimum absolute atomic E-state index is 0.0548. The van der Waals surface area contributed by atoms with E-state index in [0.717, 1.165) is 17.0 Å². The minimum atomic E-state index is -1.72. The van der Waals surface area contributed by atoms with E-state index in [-0.39, 0.29) is 18.7 Å². The molecule has 1 amide bonds. The lowest BCUT2D eigenvalue weighted by Crippen LogP contribution is -2.29. The van der Waals surface area contributed by atoms with Gasteiger partial charge >= 0.3 is 5.97 Å². The summed E-state index contributed by atoms with van der Waals surface area (Å²) in [5, 5.41) is 8.72. The topological polar surface area (TPSA) is 83.6 Å². The molecule has 2 rings (SSSR count). The average molecular weight is 256 g/mol. The van der Waals surface area contributed by atoms with Crippen LogP contribution in [0.5, 0.6) is 0 Å². The van der Waals surface area contributed by atoms with E-state index in [9.17, 15) is 18.4 Å². The zero-order chi connectivity index (χ0) is 13.4. The molecule has 18 heavy (non-hydrogen) atoms. The molecule has 7 heteroatoms. The Morgan fingerprint density at radius 2 is 2.11 bits per heavy atom. The number of anilines is 1. The molecule has 1 heterocycles. The zero-order valence-corrected chi connectivity index (χ0v) is 9.19. The van der Waals surface area contributed by atoms with Gasteiger partial charge in [-0.2, -0.15) is 0 Å². The number of nitrogens with zero attached hydrogens (tertiary/aromatic N) is 1. The van der Waals surface area contributed by atoms with Crippen molar-refractivity contribution in [1.82, 2.24) is 0 Å². The number of benzene rings is 1. The van der Waals surface area contributed by atoms with Crippen LogP contribution in [0.3, 0.4) is 0 Å². The van der Waals surface area contributed by atoms with E-state index < -0.39 is 35.1 Å². The first-order valence-electron chi connectivity index (χ1n) is 5.19. The van der Waals surface area contributed by atoms with E-state index in [1.165, 1.54) is 0 Å². The zero-order valence-electron chi connectivity index (χ0n) is 9.19. The summed E-state index contributed by atoms with van der Waals surface area (Å²) in [6.45, 7) is 0.0838. The van der Waals surface area contributed by atoms with Crippen LogP contribution in [-0.4, -0.2) is 29.6 Å². The van der Waals surface area contributed by atoms with Crippen molar-refractivity contribution in [2.24, 2.45) is 5.73 Å². The highest BCUT2D eigenvalue weighted by Crippen LogP contribution is 2.27. The molecule has 0 saturated carbocycles. The predicted molar refractivity (Wildman–Crippen MR) is 58.3 cm³/mol. The van der Waals surface area contributed by atoms with E-state index in [2.05, 4.69) is 0 Å². The Kier molecular flexibility index (Phi) is 3.00. The van der Waals surface area contributed by atoms with Crippen LogP contribution < -0.4 is 10.6 Å². The molecule has 5 nitrogen and oxygen atoms in total. The third-order valence-corrected chi connectivity index (χ3v) is 2.73. The normalized spacial score (nSPS) is 19.4. The number of carboxylic acid groups (broad SMARTS) is 1. The van der Waals surface area contributed by atoms with Gasteiger partial charge in [0.15, 0.2) is 5.82 Å². The molecule has 0 aliphatic carbocycles. The Hall–Kier alpha value is -2.02. The van der Waals surface area contributed by atoms with Crippen molar-refractivity contribution in [3.05, 3.63) is 29.3 Å². The van der Waals surface area contributed by atoms with Gasteiger partial charge in [-0.15, -0.1) is 0 Å². The number of carbonyl (C=O) groups excluding carboxylic acids is 1. The maximum absolute atomic E-state index is 13.9. The number of carboxylic acids is 1. The van der Waals surface area contributed by atoms with Crippen molar-refractivity contribution in [1.29, 1.82) is 0 Å².